The van der Waals surface area contributed by atoms with Crippen molar-refractivity contribution in [2.75, 3.05) is 18.4 Å². The lowest BCUT2D eigenvalue weighted by atomic mass is 9.94. The average Bonchev–Trinajstić information content (AvgIpc) is 3.47. The number of nitrogens with zero attached hydrogens (tertiary/aromatic N) is 5. The molecule has 2 aromatic heterocycles. The minimum atomic E-state index is -0.474. The molecule has 1 aliphatic heterocycles. The molecule has 1 saturated heterocycles. The van der Waals surface area contributed by atoms with Crippen molar-refractivity contribution in [2.45, 2.75) is 55.2 Å². The van der Waals surface area contributed by atoms with Gasteiger partial charge in [0, 0.05) is 42.2 Å². The van der Waals surface area contributed by atoms with Gasteiger partial charge in [0.1, 0.15) is 5.76 Å². The number of non-ortho nitro benzene ring substituents is 1. The van der Waals surface area contributed by atoms with Crippen LogP contribution in [0.15, 0.2) is 39.2 Å². The number of aromatic nitrogens is 3. The highest BCUT2D eigenvalue weighted by Gasteiger charge is 2.26. The van der Waals surface area contributed by atoms with Gasteiger partial charge in [0.05, 0.1) is 16.9 Å². The molecule has 34 heavy (non-hydrogen) atoms. The second kappa shape index (κ2) is 10.1. The van der Waals surface area contributed by atoms with Crippen molar-refractivity contribution in [3.8, 4) is 0 Å². The van der Waals surface area contributed by atoms with Gasteiger partial charge in [-0.05, 0) is 25.0 Å². The fraction of sp³-hybridized carbons (Fsp3) is 0.455. The summed E-state index contributed by atoms with van der Waals surface area (Å²) in [7, 11) is 0. The molecule has 0 radical (unpaired) electrons. The molecule has 4 rings (SSSR count). The molecule has 0 aliphatic carbocycles. The summed E-state index contributed by atoms with van der Waals surface area (Å²) in [5.41, 5.74) is 0.336. The van der Waals surface area contributed by atoms with E-state index < -0.39 is 4.92 Å². The molecule has 1 aromatic carbocycles. The normalized spacial score (nSPS) is 16.4. The van der Waals surface area contributed by atoms with E-state index in [4.69, 9.17) is 4.42 Å². The van der Waals surface area contributed by atoms with Crippen LogP contribution in [0, 0.1) is 10.1 Å². The lowest BCUT2D eigenvalue weighted by Crippen LogP contribution is -2.45. The van der Waals surface area contributed by atoms with Crippen LogP contribution in [0.1, 0.15) is 55.6 Å². The number of likely N-dealkylation sites (tertiary alicyclic amines) is 1. The Balaban J connectivity index is 1.30. The number of anilines is 1. The van der Waals surface area contributed by atoms with Crippen molar-refractivity contribution in [1.82, 2.24) is 20.1 Å². The zero-order chi connectivity index (χ0) is 24.3. The van der Waals surface area contributed by atoms with E-state index in [2.05, 4.69) is 41.3 Å². The first-order chi connectivity index (χ1) is 16.2. The van der Waals surface area contributed by atoms with E-state index in [1.165, 1.54) is 47.4 Å². The maximum Gasteiger partial charge on any atom is 0.269 e. The highest BCUT2D eigenvalue weighted by Crippen LogP contribution is 2.31. The SMILES string of the molecule is CC(C)(C)c1cnc(CSc2nnc(N[C@@H]3CCCN(C(=O)c4ccc([N+](=O)[O-])cc4)C3)s2)o1. The summed E-state index contributed by atoms with van der Waals surface area (Å²) in [6, 6.07) is 5.78. The van der Waals surface area contributed by atoms with Gasteiger partial charge in [0.2, 0.25) is 11.0 Å². The zero-order valence-electron chi connectivity index (χ0n) is 19.2. The third-order valence-corrected chi connectivity index (χ3v) is 7.35. The molecule has 180 valence electrons. The fourth-order valence-electron chi connectivity index (χ4n) is 3.54. The topological polar surface area (TPSA) is 127 Å². The number of nitro benzene ring substituents is 1. The number of oxazole rings is 1. The van der Waals surface area contributed by atoms with Gasteiger partial charge >= 0.3 is 0 Å². The molecule has 12 heteroatoms. The Labute approximate surface area is 205 Å². The van der Waals surface area contributed by atoms with Gasteiger partial charge in [-0.3, -0.25) is 14.9 Å². The summed E-state index contributed by atoms with van der Waals surface area (Å²) in [6.45, 7) is 7.43. The van der Waals surface area contributed by atoms with Gasteiger partial charge in [-0.25, -0.2) is 4.98 Å². The molecule has 0 bridgehead atoms. The molecule has 1 atom stereocenters. The number of carbonyl (C=O) groups is 1. The third-order valence-electron chi connectivity index (χ3n) is 5.38. The molecule has 0 saturated carbocycles. The van der Waals surface area contributed by atoms with Gasteiger partial charge in [0.25, 0.3) is 11.6 Å². The highest BCUT2D eigenvalue weighted by molar-refractivity contribution is 8.00. The Bertz CT molecular complexity index is 1150. The first-order valence-electron chi connectivity index (χ1n) is 10.9. The molecular formula is C22H26N6O4S2. The van der Waals surface area contributed by atoms with Crippen molar-refractivity contribution in [1.29, 1.82) is 0 Å². The maximum absolute atomic E-state index is 12.9. The van der Waals surface area contributed by atoms with Gasteiger partial charge < -0.3 is 14.6 Å². The smallest absolute Gasteiger partial charge is 0.269 e. The molecule has 1 fully saturated rings. The lowest BCUT2D eigenvalue weighted by molar-refractivity contribution is -0.384. The number of nitrogens with one attached hydrogen (secondary N) is 1. The van der Waals surface area contributed by atoms with Crippen molar-refractivity contribution in [3.05, 3.63) is 57.8 Å². The monoisotopic (exact) mass is 502 g/mol. The second-order valence-corrected chi connectivity index (χ2v) is 11.3. The largest absolute Gasteiger partial charge is 0.444 e. The quantitative estimate of drug-likeness (QED) is 0.277. The minimum absolute atomic E-state index is 0.0304. The summed E-state index contributed by atoms with van der Waals surface area (Å²) in [5.74, 6) is 1.96. The molecule has 1 aliphatic rings. The van der Waals surface area contributed by atoms with Gasteiger partial charge in [0.15, 0.2) is 4.34 Å². The van der Waals surface area contributed by atoms with Crippen molar-refractivity contribution < 1.29 is 14.1 Å². The van der Waals surface area contributed by atoms with Gasteiger partial charge in [-0.15, -0.1) is 10.2 Å². The lowest BCUT2D eigenvalue weighted by Gasteiger charge is -2.33. The summed E-state index contributed by atoms with van der Waals surface area (Å²) in [5, 5.41) is 23.4. The van der Waals surface area contributed by atoms with Crippen LogP contribution < -0.4 is 5.32 Å². The average molecular weight is 503 g/mol. The molecular weight excluding hydrogens is 476 g/mol. The predicted octanol–water partition coefficient (Wildman–Crippen LogP) is 4.74. The Morgan fingerprint density at radius 1 is 1.32 bits per heavy atom. The van der Waals surface area contributed by atoms with Gasteiger partial charge in [-0.2, -0.15) is 0 Å². The predicted molar refractivity (Wildman–Crippen MR) is 130 cm³/mol. The van der Waals surface area contributed by atoms with Crippen LogP contribution in [0.3, 0.4) is 0 Å². The number of benzene rings is 1. The summed E-state index contributed by atoms with van der Waals surface area (Å²) in [4.78, 5) is 29.3. The standard InChI is InChI=1S/C22H26N6O4S2/c1-22(2,3)17-11-23-18(32-17)13-33-21-26-25-20(34-21)24-15-5-4-10-27(12-15)19(29)14-6-8-16(9-7-14)28(30)31/h6-9,11,15H,4-5,10,12-13H2,1-3H3,(H,24,25)/t15-/m1/s1. The Morgan fingerprint density at radius 3 is 2.76 bits per heavy atom. The van der Waals surface area contributed by atoms with Crippen LogP contribution in [-0.2, 0) is 11.2 Å². The van der Waals surface area contributed by atoms with Crippen LogP contribution in [0.5, 0.6) is 0 Å². The van der Waals surface area contributed by atoms with E-state index in [9.17, 15) is 14.9 Å². The summed E-state index contributed by atoms with van der Waals surface area (Å²) >= 11 is 2.98. The zero-order valence-corrected chi connectivity index (χ0v) is 20.8. The van der Waals surface area contributed by atoms with Crippen molar-refractivity contribution in [3.63, 3.8) is 0 Å². The Kier molecular flexibility index (Phi) is 7.17. The van der Waals surface area contributed by atoms with E-state index in [0.29, 0.717) is 35.4 Å². The number of thioether (sulfide) groups is 1. The molecule has 1 N–H and O–H groups in total. The molecule has 0 spiro atoms. The maximum atomic E-state index is 12.9. The summed E-state index contributed by atoms with van der Waals surface area (Å²) < 4.78 is 6.64. The Hall–Kier alpha value is -2.99. The van der Waals surface area contributed by atoms with Crippen LogP contribution in [0.25, 0.3) is 0 Å². The first kappa shape index (κ1) is 24.1. The molecule has 10 nitrogen and oxygen atoms in total. The number of piperidine rings is 1. The number of rotatable bonds is 7. The van der Waals surface area contributed by atoms with Crippen molar-refractivity contribution in [2.24, 2.45) is 0 Å². The molecule has 3 aromatic rings. The number of amides is 1. The molecule has 3 heterocycles. The van der Waals surface area contributed by atoms with E-state index in [1.54, 1.807) is 11.1 Å². The molecule has 1 amide bonds. The Morgan fingerprint density at radius 2 is 2.09 bits per heavy atom. The summed E-state index contributed by atoms with van der Waals surface area (Å²) in [6.07, 6.45) is 3.55. The van der Waals surface area contributed by atoms with Crippen LogP contribution in [0.4, 0.5) is 10.8 Å². The fourth-order valence-corrected chi connectivity index (χ4v) is 5.22. The second-order valence-electron chi connectivity index (χ2n) is 9.07. The number of carbonyl (C=O) groups excluding carboxylic acids is 1. The van der Waals surface area contributed by atoms with Gasteiger partial charge in [-0.1, -0.05) is 43.9 Å². The minimum Gasteiger partial charge on any atom is -0.444 e. The number of nitro groups is 1. The van der Waals surface area contributed by atoms with E-state index >= 15 is 0 Å². The van der Waals surface area contributed by atoms with E-state index in [1.807, 2.05) is 0 Å². The number of hydrogen-bond acceptors (Lipinski definition) is 10. The highest BCUT2D eigenvalue weighted by atomic mass is 32.2. The third kappa shape index (κ3) is 5.92. The van der Waals surface area contributed by atoms with E-state index in [0.717, 1.165) is 22.9 Å². The first-order valence-corrected chi connectivity index (χ1v) is 12.7. The van der Waals surface area contributed by atoms with Crippen LogP contribution in [-0.4, -0.2) is 50.0 Å². The number of hydrogen-bond donors (Lipinski definition) is 1. The van der Waals surface area contributed by atoms with Crippen molar-refractivity contribution >= 4 is 39.8 Å². The van der Waals surface area contributed by atoms with Crippen LogP contribution in [0.2, 0.25) is 0 Å². The molecule has 0 unspecified atom stereocenters. The van der Waals surface area contributed by atoms with Crippen LogP contribution >= 0.6 is 23.1 Å². The van der Waals surface area contributed by atoms with E-state index in [-0.39, 0.29) is 23.1 Å².